The lowest BCUT2D eigenvalue weighted by atomic mass is 10.1. The first-order valence-corrected chi connectivity index (χ1v) is 6.65. The van der Waals surface area contributed by atoms with Gasteiger partial charge in [0.15, 0.2) is 0 Å². The lowest BCUT2D eigenvalue weighted by Gasteiger charge is -2.11. The molecule has 1 aromatic heterocycles. The normalized spacial score (nSPS) is 15.5. The van der Waals surface area contributed by atoms with Crippen LogP contribution in [0.15, 0.2) is 42.6 Å². The Kier molecular flexibility index (Phi) is 3.27. The number of fused-ring (bicyclic) bond motifs is 1. The number of aromatic nitrogens is 1. The number of nitrogens with zero attached hydrogens (tertiary/aromatic N) is 2. The Morgan fingerprint density at radius 3 is 2.79 bits per heavy atom. The van der Waals surface area contributed by atoms with E-state index in [0.717, 1.165) is 42.4 Å². The molecule has 0 aliphatic carbocycles. The average molecular weight is 252 g/mol. The van der Waals surface area contributed by atoms with Crippen molar-refractivity contribution in [3.8, 4) is 0 Å². The molecular weight excluding hydrogens is 236 g/mol. The number of likely N-dealkylation sites (tertiary alicyclic amines) is 1. The highest BCUT2D eigenvalue weighted by Gasteiger charge is 2.15. The first-order valence-electron chi connectivity index (χ1n) is 6.65. The molecule has 1 aliphatic heterocycles. The predicted octanol–water partition coefficient (Wildman–Crippen LogP) is 2.87. The van der Waals surface area contributed by atoms with Crippen LogP contribution in [0.3, 0.4) is 0 Å². The van der Waals surface area contributed by atoms with Crippen LogP contribution < -0.4 is 0 Å². The Morgan fingerprint density at radius 1 is 1.16 bits per heavy atom. The Balaban J connectivity index is 1.86. The van der Waals surface area contributed by atoms with Gasteiger partial charge in [-0.15, -0.1) is 0 Å². The Bertz CT molecular complexity index is 622. The quantitative estimate of drug-likeness (QED) is 0.770. The molecule has 1 amide bonds. The van der Waals surface area contributed by atoms with Gasteiger partial charge in [-0.3, -0.25) is 9.78 Å². The highest BCUT2D eigenvalue weighted by atomic mass is 16.2. The third-order valence-corrected chi connectivity index (χ3v) is 3.49. The molecule has 0 bridgehead atoms. The molecule has 0 radical (unpaired) electrons. The largest absolute Gasteiger partial charge is 0.339 e. The third kappa shape index (κ3) is 2.50. The second-order valence-electron chi connectivity index (χ2n) is 4.79. The summed E-state index contributed by atoms with van der Waals surface area (Å²) in [6.45, 7) is 1.77. The summed E-state index contributed by atoms with van der Waals surface area (Å²) in [4.78, 5) is 18.3. The minimum absolute atomic E-state index is 0.102. The van der Waals surface area contributed by atoms with Crippen LogP contribution in [0.5, 0.6) is 0 Å². The van der Waals surface area contributed by atoms with E-state index in [1.165, 1.54) is 0 Å². The number of amides is 1. The van der Waals surface area contributed by atoms with Crippen LogP contribution in [-0.4, -0.2) is 28.9 Å². The van der Waals surface area contributed by atoms with Crippen LogP contribution in [0.2, 0.25) is 0 Å². The third-order valence-electron chi connectivity index (χ3n) is 3.49. The molecule has 0 atom stereocenters. The number of rotatable bonds is 2. The lowest BCUT2D eigenvalue weighted by molar-refractivity contribution is -0.124. The summed E-state index contributed by atoms with van der Waals surface area (Å²) in [5, 5.41) is 1.10. The predicted molar refractivity (Wildman–Crippen MR) is 76.6 cm³/mol. The molecule has 2 aromatic rings. The SMILES string of the molecule is O=C(/C=C/c1cccc2cccnc12)N1CCCC1. The van der Waals surface area contributed by atoms with Crippen molar-refractivity contribution in [3.63, 3.8) is 0 Å². The highest BCUT2D eigenvalue weighted by molar-refractivity contribution is 5.95. The molecule has 3 rings (SSSR count). The standard InChI is InChI=1S/C16H16N2O/c19-15(18-11-1-2-12-18)9-8-14-6-3-5-13-7-4-10-17-16(13)14/h3-10H,1-2,11-12H2/b9-8+. The van der Waals surface area contributed by atoms with E-state index in [0.29, 0.717) is 0 Å². The van der Waals surface area contributed by atoms with Crippen molar-refractivity contribution < 1.29 is 4.79 Å². The number of carbonyl (C=O) groups excluding carboxylic acids is 1. The van der Waals surface area contributed by atoms with Gasteiger partial charge in [0.05, 0.1) is 5.52 Å². The summed E-state index contributed by atoms with van der Waals surface area (Å²) < 4.78 is 0. The van der Waals surface area contributed by atoms with Crippen LogP contribution in [-0.2, 0) is 4.79 Å². The monoisotopic (exact) mass is 252 g/mol. The molecule has 3 heteroatoms. The number of hydrogen-bond acceptors (Lipinski definition) is 2. The zero-order chi connectivity index (χ0) is 13.1. The van der Waals surface area contributed by atoms with Crippen molar-refractivity contribution in [1.82, 2.24) is 9.88 Å². The molecule has 3 nitrogen and oxygen atoms in total. The molecule has 1 aliphatic rings. The highest BCUT2D eigenvalue weighted by Crippen LogP contribution is 2.17. The maximum atomic E-state index is 12.0. The maximum absolute atomic E-state index is 12.0. The molecule has 19 heavy (non-hydrogen) atoms. The van der Waals surface area contributed by atoms with Crippen molar-refractivity contribution in [2.75, 3.05) is 13.1 Å². The number of benzene rings is 1. The van der Waals surface area contributed by atoms with Crippen molar-refractivity contribution in [2.24, 2.45) is 0 Å². The zero-order valence-electron chi connectivity index (χ0n) is 10.7. The smallest absolute Gasteiger partial charge is 0.246 e. The van der Waals surface area contributed by atoms with E-state index in [9.17, 15) is 4.79 Å². The first kappa shape index (κ1) is 11.9. The fraction of sp³-hybridized carbons (Fsp3) is 0.250. The van der Waals surface area contributed by atoms with Crippen molar-refractivity contribution >= 4 is 22.9 Å². The van der Waals surface area contributed by atoms with Crippen LogP contribution in [0, 0.1) is 0 Å². The average Bonchev–Trinajstić information content (AvgIpc) is 2.99. The van der Waals surface area contributed by atoms with Crippen molar-refractivity contribution in [2.45, 2.75) is 12.8 Å². The fourth-order valence-corrected chi connectivity index (χ4v) is 2.47. The second kappa shape index (κ2) is 5.22. The van der Waals surface area contributed by atoms with Gasteiger partial charge in [0, 0.05) is 36.3 Å². The molecule has 0 N–H and O–H groups in total. The van der Waals surface area contributed by atoms with E-state index < -0.39 is 0 Å². The number of hydrogen-bond donors (Lipinski definition) is 0. The van der Waals surface area contributed by atoms with Crippen LogP contribution >= 0.6 is 0 Å². The zero-order valence-corrected chi connectivity index (χ0v) is 10.7. The molecule has 0 saturated carbocycles. The van der Waals surface area contributed by atoms with Crippen molar-refractivity contribution in [3.05, 3.63) is 48.2 Å². The molecule has 1 saturated heterocycles. The van der Waals surface area contributed by atoms with E-state index in [1.54, 1.807) is 12.3 Å². The second-order valence-corrected chi connectivity index (χ2v) is 4.79. The van der Waals surface area contributed by atoms with E-state index >= 15 is 0 Å². The summed E-state index contributed by atoms with van der Waals surface area (Å²) in [6.07, 6.45) is 7.55. The fourth-order valence-electron chi connectivity index (χ4n) is 2.47. The summed E-state index contributed by atoms with van der Waals surface area (Å²) in [6, 6.07) is 9.96. The summed E-state index contributed by atoms with van der Waals surface area (Å²) in [7, 11) is 0. The van der Waals surface area contributed by atoms with Gasteiger partial charge in [-0.1, -0.05) is 24.3 Å². The van der Waals surface area contributed by atoms with Gasteiger partial charge in [0.2, 0.25) is 5.91 Å². The summed E-state index contributed by atoms with van der Waals surface area (Å²) >= 11 is 0. The van der Waals surface area contributed by atoms with Gasteiger partial charge in [-0.25, -0.2) is 0 Å². The van der Waals surface area contributed by atoms with Gasteiger partial charge < -0.3 is 4.90 Å². The van der Waals surface area contributed by atoms with E-state index in [-0.39, 0.29) is 5.91 Å². The van der Waals surface area contributed by atoms with Crippen LogP contribution in [0.4, 0.5) is 0 Å². The van der Waals surface area contributed by atoms with Crippen LogP contribution in [0.25, 0.3) is 17.0 Å². The molecule has 1 aromatic carbocycles. The summed E-state index contributed by atoms with van der Waals surface area (Å²) in [5.74, 6) is 0.102. The first-order chi connectivity index (χ1) is 9.34. The minimum atomic E-state index is 0.102. The maximum Gasteiger partial charge on any atom is 0.246 e. The molecule has 0 spiro atoms. The van der Waals surface area contributed by atoms with Gasteiger partial charge in [-0.2, -0.15) is 0 Å². The van der Waals surface area contributed by atoms with Gasteiger partial charge in [0.25, 0.3) is 0 Å². The topological polar surface area (TPSA) is 33.2 Å². The molecule has 2 heterocycles. The van der Waals surface area contributed by atoms with E-state index in [1.807, 2.05) is 41.3 Å². The minimum Gasteiger partial charge on any atom is -0.339 e. The molecule has 0 unspecified atom stereocenters. The van der Waals surface area contributed by atoms with Gasteiger partial charge >= 0.3 is 0 Å². The van der Waals surface area contributed by atoms with Crippen molar-refractivity contribution in [1.29, 1.82) is 0 Å². The number of carbonyl (C=O) groups is 1. The molecule has 1 fully saturated rings. The van der Waals surface area contributed by atoms with Gasteiger partial charge in [0.1, 0.15) is 0 Å². The molecule has 96 valence electrons. The van der Waals surface area contributed by atoms with E-state index in [4.69, 9.17) is 0 Å². The Hall–Kier alpha value is -2.16. The lowest BCUT2D eigenvalue weighted by Crippen LogP contribution is -2.25. The Labute approximate surface area is 112 Å². The Morgan fingerprint density at radius 2 is 1.95 bits per heavy atom. The van der Waals surface area contributed by atoms with Gasteiger partial charge in [-0.05, 0) is 25.0 Å². The molecular formula is C16H16N2O. The number of pyridine rings is 1. The number of para-hydroxylation sites is 1. The van der Waals surface area contributed by atoms with E-state index in [2.05, 4.69) is 4.98 Å². The summed E-state index contributed by atoms with van der Waals surface area (Å²) in [5.41, 5.74) is 1.93. The van der Waals surface area contributed by atoms with Crippen LogP contribution in [0.1, 0.15) is 18.4 Å².